The van der Waals surface area contributed by atoms with Gasteiger partial charge in [-0.05, 0) is 53.3 Å². The summed E-state index contributed by atoms with van der Waals surface area (Å²) < 4.78 is 11.3. The van der Waals surface area contributed by atoms with Gasteiger partial charge in [0.15, 0.2) is 0 Å². The molecule has 2 heterocycles. The van der Waals surface area contributed by atoms with Crippen LogP contribution in [0, 0.1) is 0 Å². The van der Waals surface area contributed by atoms with E-state index in [-0.39, 0.29) is 6.61 Å². The number of fused-ring (bicyclic) bond motifs is 6. The Morgan fingerprint density at radius 1 is 1.08 bits per heavy atom. The molecule has 2 aromatic carbocycles. The van der Waals surface area contributed by atoms with Gasteiger partial charge < -0.3 is 14.6 Å². The quantitative estimate of drug-likeness (QED) is 0.595. The van der Waals surface area contributed by atoms with Crippen LogP contribution >= 0.6 is 11.3 Å². The molecule has 1 N–H and O–H groups in total. The third kappa shape index (κ3) is 2.23. The lowest BCUT2D eigenvalue weighted by Gasteiger charge is -2.09. The number of hydrogen-bond acceptors (Lipinski definition) is 4. The lowest BCUT2D eigenvalue weighted by Crippen LogP contribution is -2.16. The number of aliphatic hydroxyl groups is 1. The number of rotatable bonds is 2. The molecule has 4 heteroatoms. The maximum absolute atomic E-state index is 9.69. The fraction of sp³-hybridized carbons (Fsp3) is 0.0909. The molecule has 0 radical (unpaired) electrons. The molecule has 0 atom stereocenters. The second-order valence-corrected chi connectivity index (χ2v) is 7.41. The summed E-state index contributed by atoms with van der Waals surface area (Å²) in [6, 6.07) is 12.4. The third-order valence-corrected chi connectivity index (χ3v) is 5.94. The fourth-order valence-corrected chi connectivity index (χ4v) is 4.67. The van der Waals surface area contributed by atoms with Crippen LogP contribution in [0.25, 0.3) is 33.7 Å². The first-order valence-electron chi connectivity index (χ1n) is 8.39. The average Bonchev–Trinajstić information content (AvgIpc) is 3.07. The third-order valence-electron chi connectivity index (χ3n) is 4.79. The van der Waals surface area contributed by atoms with E-state index in [9.17, 15) is 5.11 Å². The van der Waals surface area contributed by atoms with Crippen molar-refractivity contribution in [2.75, 3.05) is 7.11 Å². The molecule has 26 heavy (non-hydrogen) atoms. The van der Waals surface area contributed by atoms with Crippen LogP contribution in [0.4, 0.5) is 0 Å². The van der Waals surface area contributed by atoms with E-state index in [4.69, 9.17) is 9.47 Å². The van der Waals surface area contributed by atoms with Gasteiger partial charge in [-0.1, -0.05) is 12.1 Å². The molecular weight excluding hydrogens is 344 g/mol. The van der Waals surface area contributed by atoms with Gasteiger partial charge in [-0.3, -0.25) is 0 Å². The van der Waals surface area contributed by atoms with Crippen molar-refractivity contribution in [1.29, 1.82) is 0 Å². The standard InChI is InChI=1S/C22H16O3S/c1-24-20-6-2-5-16-18(20)9-14-10-21-13(4-3-7-25-21)8-17(14)19-11-15(12-23)26-22(16)19/h2-11,23H,12H2,1H3. The van der Waals surface area contributed by atoms with Crippen molar-refractivity contribution in [3.05, 3.63) is 69.6 Å². The van der Waals surface area contributed by atoms with Crippen LogP contribution < -0.4 is 19.9 Å². The van der Waals surface area contributed by atoms with Crippen molar-refractivity contribution in [2.45, 2.75) is 6.61 Å². The van der Waals surface area contributed by atoms with Gasteiger partial charge >= 0.3 is 0 Å². The minimum absolute atomic E-state index is 0.0406. The zero-order chi connectivity index (χ0) is 17.7. The molecule has 0 saturated heterocycles. The molecule has 2 aliphatic rings. The van der Waals surface area contributed by atoms with Crippen molar-refractivity contribution in [3.63, 3.8) is 0 Å². The molecule has 1 aliphatic carbocycles. The van der Waals surface area contributed by atoms with E-state index in [2.05, 4.69) is 36.4 Å². The molecule has 0 saturated carbocycles. The van der Waals surface area contributed by atoms with Gasteiger partial charge in [-0.25, -0.2) is 0 Å². The number of benzene rings is 2. The van der Waals surface area contributed by atoms with Crippen LogP contribution in [0.15, 0.2) is 48.7 Å². The first-order valence-corrected chi connectivity index (χ1v) is 9.21. The summed E-state index contributed by atoms with van der Waals surface area (Å²) in [6.07, 6.45) is 7.81. The van der Waals surface area contributed by atoms with Crippen LogP contribution in [0.5, 0.6) is 11.5 Å². The monoisotopic (exact) mass is 360 g/mol. The van der Waals surface area contributed by atoms with Crippen molar-refractivity contribution < 1.29 is 14.6 Å². The van der Waals surface area contributed by atoms with Crippen LogP contribution in [0.1, 0.15) is 10.4 Å². The minimum atomic E-state index is 0.0406. The number of hydrogen-bond donors (Lipinski definition) is 1. The predicted octanol–water partition coefficient (Wildman–Crippen LogP) is 3.41. The molecule has 3 aromatic rings. The smallest absolute Gasteiger partial charge is 0.134 e. The van der Waals surface area contributed by atoms with Gasteiger partial charge in [0.1, 0.15) is 11.5 Å². The van der Waals surface area contributed by atoms with Crippen molar-refractivity contribution in [1.82, 2.24) is 0 Å². The number of thiophene rings is 1. The maximum Gasteiger partial charge on any atom is 0.134 e. The Balaban J connectivity index is 1.94. The van der Waals surface area contributed by atoms with Gasteiger partial charge in [-0.15, -0.1) is 11.3 Å². The summed E-state index contributed by atoms with van der Waals surface area (Å²) in [5, 5.41) is 11.8. The van der Waals surface area contributed by atoms with Crippen molar-refractivity contribution in [2.24, 2.45) is 0 Å². The van der Waals surface area contributed by atoms with Crippen LogP contribution in [-0.2, 0) is 6.61 Å². The second kappa shape index (κ2) is 5.87. The van der Waals surface area contributed by atoms with E-state index in [1.807, 2.05) is 18.2 Å². The Morgan fingerprint density at radius 2 is 2.00 bits per heavy atom. The average molecular weight is 360 g/mol. The highest BCUT2D eigenvalue weighted by molar-refractivity contribution is 7.16. The van der Waals surface area contributed by atoms with Crippen LogP contribution in [0.2, 0.25) is 0 Å². The summed E-state index contributed by atoms with van der Waals surface area (Å²) in [5.41, 5.74) is 4.46. The largest absolute Gasteiger partial charge is 0.496 e. The maximum atomic E-state index is 9.69. The molecule has 5 rings (SSSR count). The summed E-state index contributed by atoms with van der Waals surface area (Å²) in [5.74, 6) is 1.69. The number of ether oxygens (including phenoxy) is 2. The van der Waals surface area contributed by atoms with Gasteiger partial charge in [0.05, 0.1) is 20.0 Å². The number of aliphatic hydroxyl groups excluding tert-OH is 1. The summed E-state index contributed by atoms with van der Waals surface area (Å²) in [4.78, 5) is 2.11. The van der Waals surface area contributed by atoms with E-state index in [0.29, 0.717) is 0 Å². The highest BCUT2D eigenvalue weighted by Gasteiger charge is 2.21. The molecule has 1 aromatic heterocycles. The van der Waals surface area contributed by atoms with E-state index in [0.717, 1.165) is 53.9 Å². The zero-order valence-corrected chi connectivity index (χ0v) is 15.0. The lowest BCUT2D eigenvalue weighted by atomic mass is 10.0. The summed E-state index contributed by atoms with van der Waals surface area (Å²) >= 11 is 1.63. The SMILES string of the molecule is COc1cccc2c1C=c1cc3c(cc1-c1cc(CO)sc1-2)=CC=CO3. The van der Waals surface area contributed by atoms with Gasteiger partial charge in [0.25, 0.3) is 0 Å². The highest BCUT2D eigenvalue weighted by atomic mass is 32.1. The molecule has 0 fully saturated rings. The van der Waals surface area contributed by atoms with E-state index in [1.54, 1.807) is 24.7 Å². The van der Waals surface area contributed by atoms with E-state index < -0.39 is 0 Å². The Morgan fingerprint density at radius 3 is 2.85 bits per heavy atom. The summed E-state index contributed by atoms with van der Waals surface area (Å²) in [6.45, 7) is 0.0406. The van der Waals surface area contributed by atoms with Crippen LogP contribution in [0.3, 0.4) is 0 Å². The lowest BCUT2D eigenvalue weighted by molar-refractivity contribution is 0.285. The normalized spacial score (nSPS) is 13.2. The topological polar surface area (TPSA) is 38.7 Å². The van der Waals surface area contributed by atoms with Crippen molar-refractivity contribution >= 4 is 23.5 Å². The molecule has 3 nitrogen and oxygen atoms in total. The molecule has 0 spiro atoms. The van der Waals surface area contributed by atoms with Crippen molar-refractivity contribution in [3.8, 4) is 33.1 Å². The Labute approximate surface area is 154 Å². The summed E-state index contributed by atoms with van der Waals surface area (Å²) in [7, 11) is 1.69. The first-order chi connectivity index (χ1) is 12.8. The van der Waals surface area contributed by atoms with Gasteiger partial charge in [0.2, 0.25) is 0 Å². The highest BCUT2D eigenvalue weighted by Crippen LogP contribution is 2.43. The molecule has 0 bridgehead atoms. The Hall–Kier alpha value is -2.82. The Kier molecular flexibility index (Phi) is 3.48. The predicted molar refractivity (Wildman–Crippen MR) is 105 cm³/mol. The Bertz CT molecular complexity index is 1180. The number of methoxy groups -OCH3 is 1. The molecule has 128 valence electrons. The van der Waals surface area contributed by atoms with Gasteiger partial charge in [-0.2, -0.15) is 0 Å². The second-order valence-electron chi connectivity index (χ2n) is 6.27. The van der Waals surface area contributed by atoms with E-state index in [1.165, 1.54) is 0 Å². The first kappa shape index (κ1) is 15.4. The molecule has 0 unspecified atom stereocenters. The van der Waals surface area contributed by atoms with E-state index >= 15 is 0 Å². The van der Waals surface area contributed by atoms with Crippen LogP contribution in [-0.4, -0.2) is 12.2 Å². The fourth-order valence-electron chi connectivity index (χ4n) is 3.60. The number of allylic oxidation sites excluding steroid dienone is 1. The molecular formula is C22H16O3S. The van der Waals surface area contributed by atoms with Gasteiger partial charge in [0, 0.05) is 31.7 Å². The minimum Gasteiger partial charge on any atom is -0.496 e. The molecule has 0 amide bonds. The molecule has 1 aliphatic heterocycles. The zero-order valence-electron chi connectivity index (χ0n) is 14.2.